The number of nitrogen functional groups attached to an aromatic ring is 1. The minimum absolute atomic E-state index is 0.0363. The summed E-state index contributed by atoms with van der Waals surface area (Å²) in [4.78, 5) is 13.1. The van der Waals surface area contributed by atoms with Crippen LogP contribution in [0.1, 0.15) is 18.5 Å². The Hall–Kier alpha value is -2.79. The number of fused-ring (bicyclic) bond motifs is 1. The summed E-state index contributed by atoms with van der Waals surface area (Å²) in [6.07, 6.45) is 9.67. The number of allylic oxidation sites excluding steroid dienone is 5. The first kappa shape index (κ1) is 18.3. The lowest BCUT2D eigenvalue weighted by atomic mass is 10.2. The first-order chi connectivity index (χ1) is 11.1. The summed E-state index contributed by atoms with van der Waals surface area (Å²) < 4.78 is 0. The van der Waals surface area contributed by atoms with Gasteiger partial charge in [-0.1, -0.05) is 37.0 Å². The normalized spacial score (nSPS) is 10.8. The number of carbonyl (C=O) groups is 1. The number of rotatable bonds is 6. The molecule has 0 atom stereocenters. The number of nitrogens with two attached hydrogens (primary N) is 1. The van der Waals surface area contributed by atoms with Crippen LogP contribution in [0.25, 0.3) is 10.9 Å². The van der Waals surface area contributed by atoms with Gasteiger partial charge in [-0.05, 0) is 30.7 Å². The third-order valence-electron chi connectivity index (χ3n) is 2.89. The van der Waals surface area contributed by atoms with Gasteiger partial charge in [-0.3, -0.25) is 4.79 Å². The van der Waals surface area contributed by atoms with Crippen molar-refractivity contribution in [3.8, 4) is 0 Å². The summed E-state index contributed by atoms with van der Waals surface area (Å²) >= 11 is 0. The van der Waals surface area contributed by atoms with Crippen LogP contribution in [0.15, 0.2) is 61.2 Å². The zero-order valence-corrected chi connectivity index (χ0v) is 12.9. The molecular weight excluding hydrogens is 292 g/mol. The molecule has 5 nitrogen and oxygen atoms in total. The topological polar surface area (TPSA) is 99.3 Å². The minimum atomic E-state index is -0.762. The maximum absolute atomic E-state index is 10.0. The smallest absolute Gasteiger partial charge is 0.303 e. The second-order valence-corrected chi connectivity index (χ2v) is 4.78. The molecule has 0 saturated carbocycles. The molecule has 2 aromatic rings. The maximum atomic E-state index is 10.0. The Morgan fingerprint density at radius 2 is 2.04 bits per heavy atom. The molecule has 0 amide bonds. The number of aliphatic carboxylic acids is 1. The van der Waals surface area contributed by atoms with E-state index in [2.05, 4.69) is 11.6 Å². The zero-order chi connectivity index (χ0) is 17.1. The van der Waals surface area contributed by atoms with Gasteiger partial charge in [-0.2, -0.15) is 0 Å². The summed E-state index contributed by atoms with van der Waals surface area (Å²) in [7, 11) is 0. The van der Waals surface area contributed by atoms with Crippen molar-refractivity contribution in [1.82, 2.24) is 4.98 Å². The van der Waals surface area contributed by atoms with Gasteiger partial charge < -0.3 is 20.9 Å². The Bertz CT molecular complexity index is 699. The quantitative estimate of drug-likeness (QED) is 0.485. The highest BCUT2D eigenvalue weighted by Gasteiger charge is 1.98. The van der Waals surface area contributed by atoms with Crippen molar-refractivity contribution in [2.24, 2.45) is 0 Å². The van der Waals surface area contributed by atoms with Gasteiger partial charge in [0.2, 0.25) is 0 Å². The van der Waals surface area contributed by atoms with Crippen LogP contribution in [0.5, 0.6) is 0 Å². The molecule has 1 aromatic carbocycles. The summed E-state index contributed by atoms with van der Waals surface area (Å²) in [5, 5.41) is 18.1. The molecule has 0 radical (unpaired) electrons. The number of H-pyrrole nitrogens is 1. The third-order valence-corrected chi connectivity index (χ3v) is 2.89. The molecule has 5 heteroatoms. The lowest BCUT2D eigenvalue weighted by Gasteiger charge is -1.90. The lowest BCUT2D eigenvalue weighted by molar-refractivity contribution is -0.136. The fourth-order valence-electron chi connectivity index (χ4n) is 1.82. The Balaban J connectivity index is 0.000000232. The number of hydrogen-bond donors (Lipinski definition) is 4. The first-order valence-corrected chi connectivity index (χ1v) is 7.20. The van der Waals surface area contributed by atoms with Crippen LogP contribution in [-0.2, 0) is 11.4 Å². The minimum Gasteiger partial charge on any atom is -0.481 e. The van der Waals surface area contributed by atoms with E-state index >= 15 is 0 Å². The highest BCUT2D eigenvalue weighted by molar-refractivity contribution is 5.83. The SMILES string of the molecule is C=CC=CC=CCCC(=O)O.Nc1ccc2[nH]c(CO)cc2c1. The number of aromatic amines is 1. The number of nitrogens with one attached hydrogen (secondary N) is 1. The summed E-state index contributed by atoms with van der Waals surface area (Å²) in [5.41, 5.74) is 8.16. The van der Waals surface area contributed by atoms with Crippen LogP contribution >= 0.6 is 0 Å². The highest BCUT2D eigenvalue weighted by Crippen LogP contribution is 2.17. The average molecular weight is 314 g/mol. The number of hydrogen-bond acceptors (Lipinski definition) is 3. The Labute approximate surface area is 135 Å². The van der Waals surface area contributed by atoms with Crippen molar-refractivity contribution in [2.45, 2.75) is 19.4 Å². The van der Waals surface area contributed by atoms with Crippen molar-refractivity contribution in [3.05, 3.63) is 66.9 Å². The number of benzene rings is 1. The van der Waals surface area contributed by atoms with Gasteiger partial charge >= 0.3 is 5.97 Å². The van der Waals surface area contributed by atoms with Crippen LogP contribution in [0.2, 0.25) is 0 Å². The molecule has 0 saturated heterocycles. The molecule has 0 aliphatic carbocycles. The Morgan fingerprint density at radius 1 is 1.26 bits per heavy atom. The fraction of sp³-hybridized carbons (Fsp3) is 0.167. The predicted molar refractivity (Wildman–Crippen MR) is 94.0 cm³/mol. The van der Waals surface area contributed by atoms with Crippen LogP contribution < -0.4 is 5.73 Å². The number of aromatic nitrogens is 1. The van der Waals surface area contributed by atoms with E-state index in [-0.39, 0.29) is 13.0 Å². The first-order valence-electron chi connectivity index (χ1n) is 7.20. The number of aliphatic hydroxyl groups excluding tert-OH is 1. The van der Waals surface area contributed by atoms with Gasteiger partial charge in [-0.15, -0.1) is 0 Å². The van der Waals surface area contributed by atoms with Crippen LogP contribution in [0, 0.1) is 0 Å². The number of anilines is 1. The fourth-order valence-corrected chi connectivity index (χ4v) is 1.82. The lowest BCUT2D eigenvalue weighted by Crippen LogP contribution is -1.91. The van der Waals surface area contributed by atoms with Crippen LogP contribution in [0.3, 0.4) is 0 Å². The second kappa shape index (κ2) is 10.0. The van der Waals surface area contributed by atoms with Crippen molar-refractivity contribution < 1.29 is 15.0 Å². The predicted octanol–water partition coefficient (Wildman–Crippen LogP) is 3.39. The number of carboxylic acids is 1. The molecule has 0 spiro atoms. The summed E-state index contributed by atoms with van der Waals surface area (Å²) in [6.45, 7) is 3.53. The standard InChI is InChI=1S/C9H10N2O.C9H12O2/c10-7-1-2-9-6(3-7)4-8(5-12)11-9;1-2-3-4-5-6-7-8-9(10)11/h1-4,11-12H,5,10H2;2-6H,1,7-8H2,(H,10,11). The molecule has 0 fully saturated rings. The zero-order valence-electron chi connectivity index (χ0n) is 12.9. The van der Waals surface area contributed by atoms with Gasteiger partial charge in [-0.25, -0.2) is 0 Å². The molecule has 1 aromatic heterocycles. The molecule has 23 heavy (non-hydrogen) atoms. The van der Waals surface area contributed by atoms with E-state index in [9.17, 15) is 4.79 Å². The van der Waals surface area contributed by atoms with Crippen LogP contribution in [0.4, 0.5) is 5.69 Å². The van der Waals surface area contributed by atoms with E-state index in [4.69, 9.17) is 15.9 Å². The molecule has 0 aliphatic heterocycles. The molecule has 122 valence electrons. The molecule has 2 rings (SSSR count). The van der Waals surface area contributed by atoms with Gasteiger partial charge in [0.1, 0.15) is 0 Å². The molecule has 0 bridgehead atoms. The number of aliphatic hydroxyl groups is 1. The monoisotopic (exact) mass is 314 g/mol. The van der Waals surface area contributed by atoms with Crippen molar-refractivity contribution >= 4 is 22.6 Å². The molecular formula is C18H22N2O3. The number of carboxylic acid groups (broad SMARTS) is 1. The maximum Gasteiger partial charge on any atom is 0.303 e. The largest absolute Gasteiger partial charge is 0.481 e. The van der Waals surface area contributed by atoms with Gasteiger partial charge in [0.15, 0.2) is 0 Å². The molecule has 0 unspecified atom stereocenters. The van der Waals surface area contributed by atoms with Gasteiger partial charge in [0, 0.05) is 28.7 Å². The van der Waals surface area contributed by atoms with E-state index in [0.717, 1.165) is 22.3 Å². The average Bonchev–Trinajstić information content (AvgIpc) is 2.93. The van der Waals surface area contributed by atoms with Gasteiger partial charge in [0.05, 0.1) is 6.61 Å². The third kappa shape index (κ3) is 7.15. The van der Waals surface area contributed by atoms with E-state index in [0.29, 0.717) is 6.42 Å². The van der Waals surface area contributed by atoms with E-state index in [1.54, 1.807) is 12.2 Å². The molecule has 1 heterocycles. The molecule has 0 aliphatic rings. The van der Waals surface area contributed by atoms with E-state index in [1.165, 1.54) is 0 Å². The second-order valence-electron chi connectivity index (χ2n) is 4.78. The van der Waals surface area contributed by atoms with Gasteiger partial charge in [0.25, 0.3) is 0 Å². The Kier molecular flexibility index (Phi) is 7.96. The van der Waals surface area contributed by atoms with E-state index in [1.807, 2.05) is 42.5 Å². The Morgan fingerprint density at radius 3 is 2.70 bits per heavy atom. The van der Waals surface area contributed by atoms with E-state index < -0.39 is 5.97 Å². The summed E-state index contributed by atoms with van der Waals surface area (Å²) in [5.74, 6) is -0.762. The summed E-state index contributed by atoms with van der Waals surface area (Å²) in [6, 6.07) is 7.51. The van der Waals surface area contributed by atoms with Crippen molar-refractivity contribution in [3.63, 3.8) is 0 Å². The van der Waals surface area contributed by atoms with Crippen molar-refractivity contribution in [2.75, 3.05) is 5.73 Å². The van der Waals surface area contributed by atoms with Crippen molar-refractivity contribution in [1.29, 1.82) is 0 Å². The van der Waals surface area contributed by atoms with Crippen LogP contribution in [-0.4, -0.2) is 21.2 Å². The molecule has 5 N–H and O–H groups in total. The highest BCUT2D eigenvalue weighted by atomic mass is 16.4.